The van der Waals surface area contributed by atoms with E-state index in [9.17, 15) is 0 Å². The minimum atomic E-state index is 0.629. The fraction of sp³-hybridized carbons (Fsp3) is 0.167. The number of anilines is 1. The number of nitrogens with two attached hydrogens (primary N) is 1. The third-order valence-electron chi connectivity index (χ3n) is 3.24. The molecule has 4 rings (SSSR count). The third kappa shape index (κ3) is 1.45. The average Bonchev–Trinajstić information content (AvgIpc) is 3.13. The van der Waals surface area contributed by atoms with Crippen molar-refractivity contribution in [3.05, 3.63) is 23.6 Å². The Labute approximate surface area is 117 Å². The molecule has 0 fully saturated rings. The molecule has 100 valence electrons. The van der Waals surface area contributed by atoms with E-state index in [1.165, 1.54) is 4.88 Å². The Bertz CT molecular complexity index is 916. The van der Waals surface area contributed by atoms with Crippen LogP contribution >= 0.6 is 11.3 Å². The van der Waals surface area contributed by atoms with Gasteiger partial charge in [0.2, 0.25) is 0 Å². The van der Waals surface area contributed by atoms with Crippen molar-refractivity contribution in [3.8, 4) is 11.4 Å². The summed E-state index contributed by atoms with van der Waals surface area (Å²) >= 11 is 1.58. The first kappa shape index (κ1) is 11.4. The van der Waals surface area contributed by atoms with Crippen LogP contribution in [0.1, 0.15) is 11.8 Å². The Kier molecular flexibility index (Phi) is 2.27. The van der Waals surface area contributed by atoms with Crippen LogP contribution in [0.5, 0.6) is 0 Å². The summed E-state index contributed by atoms with van der Waals surface area (Å²) in [6.07, 6.45) is 4.23. The summed E-state index contributed by atoms with van der Waals surface area (Å²) in [7, 11) is 0. The Hall–Kier alpha value is -2.48. The summed E-state index contributed by atoms with van der Waals surface area (Å²) < 4.78 is 1.83. The number of imidazole rings is 1. The highest BCUT2D eigenvalue weighted by Crippen LogP contribution is 2.33. The van der Waals surface area contributed by atoms with E-state index in [4.69, 9.17) is 5.73 Å². The van der Waals surface area contributed by atoms with Gasteiger partial charge in [-0.2, -0.15) is 0 Å². The van der Waals surface area contributed by atoms with Gasteiger partial charge in [-0.3, -0.25) is 4.40 Å². The molecule has 0 bridgehead atoms. The van der Waals surface area contributed by atoms with E-state index >= 15 is 0 Å². The number of H-pyrrole nitrogens is 1. The lowest BCUT2D eigenvalue weighted by atomic mass is 10.2. The summed E-state index contributed by atoms with van der Waals surface area (Å²) in [5.41, 5.74) is 9.09. The molecule has 0 radical (unpaired) electrons. The van der Waals surface area contributed by atoms with Crippen LogP contribution in [-0.2, 0) is 6.42 Å². The number of nitrogen functional groups attached to an aromatic ring is 1. The lowest BCUT2D eigenvalue weighted by Crippen LogP contribution is -1.93. The minimum absolute atomic E-state index is 0.629. The van der Waals surface area contributed by atoms with Crippen LogP contribution in [0.25, 0.3) is 28.2 Å². The van der Waals surface area contributed by atoms with Crippen molar-refractivity contribution in [2.45, 2.75) is 13.3 Å². The van der Waals surface area contributed by atoms with Crippen LogP contribution in [0, 0.1) is 0 Å². The van der Waals surface area contributed by atoms with E-state index < -0.39 is 0 Å². The standard InChI is InChI=1S/C12H11N7S/c1-2-6-3-7(9(13)20-6)11-17-18-12-8-10(15-4-14-8)16-5-19(11)12/h3-5H,2,13H2,1H3,(H,14,15). The number of aryl methyl sites for hydroxylation is 1. The van der Waals surface area contributed by atoms with Crippen LogP contribution in [-0.4, -0.2) is 29.5 Å². The second-order valence-electron chi connectivity index (χ2n) is 4.41. The molecule has 0 saturated heterocycles. The Balaban J connectivity index is 2.02. The molecule has 0 atom stereocenters. The van der Waals surface area contributed by atoms with Crippen molar-refractivity contribution in [1.29, 1.82) is 0 Å². The van der Waals surface area contributed by atoms with Crippen LogP contribution in [0.3, 0.4) is 0 Å². The van der Waals surface area contributed by atoms with Crippen LogP contribution in [0.4, 0.5) is 5.00 Å². The second-order valence-corrected chi connectivity index (χ2v) is 5.58. The molecular weight excluding hydrogens is 274 g/mol. The zero-order chi connectivity index (χ0) is 13.7. The average molecular weight is 285 g/mol. The van der Waals surface area contributed by atoms with Crippen molar-refractivity contribution in [2.75, 3.05) is 5.73 Å². The maximum atomic E-state index is 6.09. The highest BCUT2D eigenvalue weighted by atomic mass is 32.1. The number of thiophene rings is 1. The number of nitrogens with one attached hydrogen (secondary N) is 1. The summed E-state index contributed by atoms with van der Waals surface area (Å²) in [5, 5.41) is 9.23. The molecule has 0 aliphatic carbocycles. The van der Waals surface area contributed by atoms with Crippen molar-refractivity contribution in [2.24, 2.45) is 0 Å². The van der Waals surface area contributed by atoms with Crippen LogP contribution in [0.2, 0.25) is 0 Å². The first-order valence-corrected chi connectivity index (χ1v) is 7.01. The molecule has 3 N–H and O–H groups in total. The molecule has 7 nitrogen and oxygen atoms in total. The topological polar surface area (TPSA) is 97.8 Å². The molecule has 0 amide bonds. The smallest absolute Gasteiger partial charge is 0.190 e. The zero-order valence-electron chi connectivity index (χ0n) is 10.7. The number of hydrogen-bond donors (Lipinski definition) is 2. The van der Waals surface area contributed by atoms with E-state index in [2.05, 4.69) is 38.1 Å². The first-order chi connectivity index (χ1) is 9.78. The molecular formula is C12H11N7S. The fourth-order valence-corrected chi connectivity index (χ4v) is 3.09. The lowest BCUT2D eigenvalue weighted by Gasteiger charge is -1.98. The molecule has 0 aliphatic rings. The highest BCUT2D eigenvalue weighted by molar-refractivity contribution is 7.16. The van der Waals surface area contributed by atoms with Gasteiger partial charge in [0, 0.05) is 4.88 Å². The van der Waals surface area contributed by atoms with Crippen molar-refractivity contribution in [1.82, 2.24) is 29.5 Å². The summed E-state index contributed by atoms with van der Waals surface area (Å²) in [6, 6.07) is 2.06. The molecule has 8 heteroatoms. The lowest BCUT2D eigenvalue weighted by molar-refractivity contribution is 1.09. The van der Waals surface area contributed by atoms with Crippen molar-refractivity contribution >= 4 is 33.1 Å². The Morgan fingerprint density at radius 1 is 1.35 bits per heavy atom. The zero-order valence-corrected chi connectivity index (χ0v) is 11.5. The van der Waals surface area contributed by atoms with Crippen LogP contribution < -0.4 is 5.73 Å². The van der Waals surface area contributed by atoms with E-state index in [-0.39, 0.29) is 0 Å². The minimum Gasteiger partial charge on any atom is -0.390 e. The number of aromatic nitrogens is 6. The molecule has 0 unspecified atom stereocenters. The highest BCUT2D eigenvalue weighted by Gasteiger charge is 2.16. The second kappa shape index (κ2) is 4.01. The quantitative estimate of drug-likeness (QED) is 0.586. The van der Waals surface area contributed by atoms with E-state index in [0.29, 0.717) is 17.1 Å². The van der Waals surface area contributed by atoms with Gasteiger partial charge >= 0.3 is 0 Å². The van der Waals surface area contributed by atoms with E-state index in [1.54, 1.807) is 24.0 Å². The fourth-order valence-electron chi connectivity index (χ4n) is 2.22. The monoisotopic (exact) mass is 285 g/mol. The summed E-state index contributed by atoms with van der Waals surface area (Å²) in [4.78, 5) is 12.7. The number of nitrogens with zero attached hydrogens (tertiary/aromatic N) is 5. The maximum absolute atomic E-state index is 6.09. The molecule has 0 spiro atoms. The van der Waals surface area contributed by atoms with E-state index in [0.717, 1.165) is 22.5 Å². The van der Waals surface area contributed by atoms with Gasteiger partial charge in [-0.15, -0.1) is 21.5 Å². The SMILES string of the molecule is CCc1cc(-c2nnc3c4[nH]cnc4ncn23)c(N)s1. The number of rotatable bonds is 2. The number of fused-ring (bicyclic) bond motifs is 3. The Morgan fingerprint density at radius 3 is 3.05 bits per heavy atom. The predicted octanol–water partition coefficient (Wildman–Crippen LogP) is 1.87. The number of hydrogen-bond acceptors (Lipinski definition) is 6. The van der Waals surface area contributed by atoms with Gasteiger partial charge in [-0.05, 0) is 12.5 Å². The molecule has 20 heavy (non-hydrogen) atoms. The summed E-state index contributed by atoms with van der Waals surface area (Å²) in [5.74, 6) is 0.706. The molecule has 0 saturated carbocycles. The predicted molar refractivity (Wildman–Crippen MR) is 77.5 cm³/mol. The molecule has 0 aromatic carbocycles. The molecule has 4 heterocycles. The molecule has 4 aromatic rings. The van der Waals surface area contributed by atoms with Gasteiger partial charge in [-0.25, -0.2) is 9.97 Å². The first-order valence-electron chi connectivity index (χ1n) is 6.19. The van der Waals surface area contributed by atoms with Gasteiger partial charge in [-0.1, -0.05) is 6.92 Å². The molecule has 0 aliphatic heterocycles. The van der Waals surface area contributed by atoms with E-state index in [1.807, 2.05) is 4.40 Å². The van der Waals surface area contributed by atoms with Crippen LogP contribution in [0.15, 0.2) is 18.7 Å². The third-order valence-corrected chi connectivity index (χ3v) is 4.34. The number of aromatic amines is 1. The molecule has 4 aromatic heterocycles. The van der Waals surface area contributed by atoms with Gasteiger partial charge in [0.1, 0.15) is 11.8 Å². The largest absolute Gasteiger partial charge is 0.390 e. The van der Waals surface area contributed by atoms with Gasteiger partial charge in [0.25, 0.3) is 0 Å². The van der Waals surface area contributed by atoms with Gasteiger partial charge < -0.3 is 10.7 Å². The van der Waals surface area contributed by atoms with Gasteiger partial charge in [0.15, 0.2) is 17.1 Å². The normalized spacial score (nSPS) is 11.7. The van der Waals surface area contributed by atoms with Gasteiger partial charge in [0.05, 0.1) is 16.9 Å². The van der Waals surface area contributed by atoms with Crippen molar-refractivity contribution < 1.29 is 0 Å². The van der Waals surface area contributed by atoms with Crippen molar-refractivity contribution in [3.63, 3.8) is 0 Å². The summed E-state index contributed by atoms with van der Waals surface area (Å²) in [6.45, 7) is 2.10. The Morgan fingerprint density at radius 2 is 2.25 bits per heavy atom. The maximum Gasteiger partial charge on any atom is 0.190 e.